The van der Waals surface area contributed by atoms with Gasteiger partial charge < -0.3 is 24.8 Å². The van der Waals surface area contributed by atoms with Crippen LogP contribution in [0.1, 0.15) is 22.4 Å². The van der Waals surface area contributed by atoms with E-state index in [1.807, 2.05) is 38.2 Å². The Morgan fingerprint density at radius 1 is 1.00 bits per heavy atom. The molecule has 1 aromatic heterocycles. The van der Waals surface area contributed by atoms with E-state index in [0.29, 0.717) is 30.5 Å². The van der Waals surface area contributed by atoms with E-state index in [4.69, 9.17) is 14.2 Å². The van der Waals surface area contributed by atoms with E-state index in [0.717, 1.165) is 28.1 Å². The number of pyridine rings is 1. The molecular weight excluding hydrogens is 471 g/mol. The lowest BCUT2D eigenvalue weighted by molar-refractivity contribution is 0.354. The normalized spacial score (nSPS) is 10.7. The number of methoxy groups -OCH3 is 3. The summed E-state index contributed by atoms with van der Waals surface area (Å²) in [5.41, 5.74) is 4.03. The van der Waals surface area contributed by atoms with Crippen molar-refractivity contribution in [3.05, 3.63) is 46.8 Å². The molecule has 7 nitrogen and oxygen atoms in total. The van der Waals surface area contributed by atoms with Gasteiger partial charge in [0.05, 0.1) is 33.6 Å². The minimum atomic E-state index is 0. The highest BCUT2D eigenvalue weighted by molar-refractivity contribution is 14.0. The van der Waals surface area contributed by atoms with Crippen LogP contribution in [0.2, 0.25) is 0 Å². The Balaban J connectivity index is 0.00000392. The summed E-state index contributed by atoms with van der Waals surface area (Å²) in [6.07, 6.45) is 1.82. The highest BCUT2D eigenvalue weighted by atomic mass is 127. The van der Waals surface area contributed by atoms with Crippen LogP contribution < -0.4 is 24.8 Å². The highest BCUT2D eigenvalue weighted by Gasteiger charge is 2.10. The summed E-state index contributed by atoms with van der Waals surface area (Å²) in [4.78, 5) is 8.76. The maximum Gasteiger partial charge on any atom is 0.191 e. The fraction of sp³-hybridized carbons (Fsp3) is 0.400. The second-order valence-electron chi connectivity index (χ2n) is 6.01. The van der Waals surface area contributed by atoms with E-state index in [1.54, 1.807) is 28.4 Å². The molecule has 0 amide bonds. The number of aliphatic imine (C=N–C) groups is 1. The number of aryl methyl sites for hydroxylation is 1. The minimum Gasteiger partial charge on any atom is -0.496 e. The van der Waals surface area contributed by atoms with E-state index in [-0.39, 0.29) is 24.0 Å². The molecule has 1 aromatic carbocycles. The summed E-state index contributed by atoms with van der Waals surface area (Å²) in [5, 5.41) is 6.57. The maximum absolute atomic E-state index is 5.46. The lowest BCUT2D eigenvalue weighted by Crippen LogP contribution is -2.36. The van der Waals surface area contributed by atoms with Gasteiger partial charge in [-0.1, -0.05) is 6.07 Å². The molecule has 0 saturated carbocycles. The number of guanidine groups is 1. The summed E-state index contributed by atoms with van der Waals surface area (Å²) < 4.78 is 16.1. The van der Waals surface area contributed by atoms with Crippen molar-refractivity contribution in [2.75, 3.05) is 28.4 Å². The third-order valence-corrected chi connectivity index (χ3v) is 4.30. The molecule has 0 unspecified atom stereocenters. The van der Waals surface area contributed by atoms with Crippen LogP contribution in [0.15, 0.2) is 29.4 Å². The molecule has 0 spiro atoms. The largest absolute Gasteiger partial charge is 0.496 e. The monoisotopic (exact) mass is 500 g/mol. The molecule has 0 atom stereocenters. The Morgan fingerprint density at radius 2 is 1.68 bits per heavy atom. The van der Waals surface area contributed by atoms with Crippen LogP contribution in [-0.2, 0) is 13.1 Å². The average molecular weight is 500 g/mol. The van der Waals surface area contributed by atoms with E-state index in [2.05, 4.69) is 20.6 Å². The number of ether oxygens (including phenoxy) is 3. The Bertz CT molecular complexity index is 812. The minimum absolute atomic E-state index is 0. The first-order valence-corrected chi connectivity index (χ1v) is 8.68. The van der Waals surface area contributed by atoms with Crippen LogP contribution in [0.4, 0.5) is 0 Å². The van der Waals surface area contributed by atoms with Gasteiger partial charge in [-0.05, 0) is 31.5 Å². The Hall–Kier alpha value is -2.23. The van der Waals surface area contributed by atoms with E-state index in [1.165, 1.54) is 0 Å². The van der Waals surface area contributed by atoms with Gasteiger partial charge in [-0.25, -0.2) is 0 Å². The van der Waals surface area contributed by atoms with Crippen molar-refractivity contribution in [3.8, 4) is 17.2 Å². The van der Waals surface area contributed by atoms with Crippen LogP contribution in [0, 0.1) is 13.8 Å². The topological polar surface area (TPSA) is 77.0 Å². The molecule has 2 rings (SSSR count). The number of nitrogens with one attached hydrogen (secondary N) is 2. The van der Waals surface area contributed by atoms with Gasteiger partial charge in [0, 0.05) is 30.9 Å². The molecule has 0 radical (unpaired) electrons. The number of rotatable bonds is 7. The summed E-state index contributed by atoms with van der Waals surface area (Å²) in [5.74, 6) is 2.96. The van der Waals surface area contributed by atoms with Crippen molar-refractivity contribution < 1.29 is 14.2 Å². The van der Waals surface area contributed by atoms with Crippen LogP contribution in [0.5, 0.6) is 17.2 Å². The van der Waals surface area contributed by atoms with Crippen molar-refractivity contribution in [2.24, 2.45) is 4.99 Å². The zero-order valence-corrected chi connectivity index (χ0v) is 19.6. The molecule has 2 N–H and O–H groups in total. The van der Waals surface area contributed by atoms with Gasteiger partial charge in [-0.2, -0.15) is 0 Å². The number of aromatic nitrogens is 1. The first-order chi connectivity index (χ1) is 13.0. The van der Waals surface area contributed by atoms with E-state index in [9.17, 15) is 0 Å². The molecule has 0 aliphatic rings. The van der Waals surface area contributed by atoms with Crippen molar-refractivity contribution in [3.63, 3.8) is 0 Å². The third kappa shape index (κ3) is 5.88. The zero-order chi connectivity index (χ0) is 19.8. The lowest BCUT2D eigenvalue weighted by Gasteiger charge is -2.15. The van der Waals surface area contributed by atoms with E-state index < -0.39 is 0 Å². The summed E-state index contributed by atoms with van der Waals surface area (Å²) in [6, 6.07) is 5.81. The number of hydrogen-bond acceptors (Lipinski definition) is 5. The summed E-state index contributed by atoms with van der Waals surface area (Å²) in [6.45, 7) is 5.15. The Labute approximate surface area is 183 Å². The molecule has 0 saturated heterocycles. The number of nitrogens with zero attached hydrogens (tertiary/aromatic N) is 2. The second kappa shape index (κ2) is 11.6. The quantitative estimate of drug-likeness (QED) is 0.346. The Morgan fingerprint density at radius 3 is 2.29 bits per heavy atom. The first-order valence-electron chi connectivity index (χ1n) is 8.68. The first kappa shape index (κ1) is 23.8. The molecule has 0 aliphatic heterocycles. The second-order valence-corrected chi connectivity index (χ2v) is 6.01. The molecule has 2 aromatic rings. The van der Waals surface area contributed by atoms with Crippen molar-refractivity contribution >= 4 is 29.9 Å². The fourth-order valence-corrected chi connectivity index (χ4v) is 2.81. The van der Waals surface area contributed by atoms with Gasteiger partial charge >= 0.3 is 0 Å². The fourth-order valence-electron chi connectivity index (χ4n) is 2.81. The molecule has 154 valence electrons. The summed E-state index contributed by atoms with van der Waals surface area (Å²) in [7, 11) is 6.66. The van der Waals surface area contributed by atoms with Crippen molar-refractivity contribution in [1.29, 1.82) is 0 Å². The van der Waals surface area contributed by atoms with E-state index >= 15 is 0 Å². The smallest absolute Gasteiger partial charge is 0.191 e. The predicted molar refractivity (Wildman–Crippen MR) is 122 cm³/mol. The van der Waals surface area contributed by atoms with Gasteiger partial charge in [-0.3, -0.25) is 9.98 Å². The van der Waals surface area contributed by atoms with Gasteiger partial charge in [0.25, 0.3) is 0 Å². The molecule has 0 fully saturated rings. The zero-order valence-electron chi connectivity index (χ0n) is 17.3. The lowest BCUT2D eigenvalue weighted by atomic mass is 10.1. The molecule has 8 heteroatoms. The summed E-state index contributed by atoms with van der Waals surface area (Å²) >= 11 is 0. The highest BCUT2D eigenvalue weighted by Crippen LogP contribution is 2.27. The molecule has 0 bridgehead atoms. The third-order valence-electron chi connectivity index (χ3n) is 4.30. The average Bonchev–Trinajstić information content (AvgIpc) is 2.69. The Kier molecular flexibility index (Phi) is 9.84. The van der Waals surface area contributed by atoms with Gasteiger partial charge in [-0.15, -0.1) is 24.0 Å². The standard InChI is InChI=1S/C20H28N4O3.HI/c1-13-10-22-16(14(2)19(13)27-6)12-24-20(21-3)23-11-15-7-8-17(25-4)18(9-15)26-5;/h7-10H,11-12H2,1-6H3,(H2,21,23,24);1H. The number of benzene rings is 1. The SMILES string of the molecule is CN=C(NCc1ccc(OC)c(OC)c1)NCc1ncc(C)c(OC)c1C.I. The maximum atomic E-state index is 5.46. The van der Waals surface area contributed by atoms with Crippen molar-refractivity contribution in [2.45, 2.75) is 26.9 Å². The van der Waals surface area contributed by atoms with Crippen LogP contribution in [0.25, 0.3) is 0 Å². The van der Waals surface area contributed by atoms with Gasteiger partial charge in [0.2, 0.25) is 0 Å². The molecule has 28 heavy (non-hydrogen) atoms. The molecular formula is C20H29IN4O3. The molecule has 0 aliphatic carbocycles. The van der Waals surface area contributed by atoms with Crippen LogP contribution >= 0.6 is 24.0 Å². The predicted octanol–water partition coefficient (Wildman–Crippen LogP) is 3.21. The molecule has 1 heterocycles. The number of halogens is 1. The van der Waals surface area contributed by atoms with Gasteiger partial charge in [0.15, 0.2) is 17.5 Å². The van der Waals surface area contributed by atoms with Gasteiger partial charge in [0.1, 0.15) is 5.75 Å². The van der Waals surface area contributed by atoms with Crippen molar-refractivity contribution in [1.82, 2.24) is 15.6 Å². The van der Waals surface area contributed by atoms with Crippen LogP contribution in [-0.4, -0.2) is 39.3 Å². The van der Waals surface area contributed by atoms with Crippen LogP contribution in [0.3, 0.4) is 0 Å². The number of hydrogen-bond donors (Lipinski definition) is 2.